The lowest BCUT2D eigenvalue weighted by atomic mass is 10.0. The first kappa shape index (κ1) is 34.1. The molecule has 2 atom stereocenters. The molecule has 2 fully saturated rings. The Morgan fingerprint density at radius 3 is 2.46 bits per heavy atom. The summed E-state index contributed by atoms with van der Waals surface area (Å²) in [5.41, 5.74) is 2.68. The van der Waals surface area contributed by atoms with Gasteiger partial charge in [-0.25, -0.2) is 24.0 Å². The highest BCUT2D eigenvalue weighted by molar-refractivity contribution is 5.91. The minimum Gasteiger partial charge on any atom is -0.445 e. The van der Waals surface area contributed by atoms with Crippen LogP contribution in [0.2, 0.25) is 0 Å². The van der Waals surface area contributed by atoms with Gasteiger partial charge in [-0.3, -0.25) is 9.59 Å². The number of carbonyl (C=O) groups excluding carboxylic acids is 4. The number of hydrazine groups is 1. The fourth-order valence-corrected chi connectivity index (χ4v) is 5.43. The van der Waals surface area contributed by atoms with Gasteiger partial charge >= 0.3 is 12.1 Å². The Morgan fingerprint density at radius 2 is 1.76 bits per heavy atom. The summed E-state index contributed by atoms with van der Waals surface area (Å²) in [4.78, 5) is 55.7. The van der Waals surface area contributed by atoms with Crippen LogP contribution >= 0.6 is 0 Å². The zero-order valence-corrected chi connectivity index (χ0v) is 26.0. The lowest BCUT2D eigenvalue weighted by Crippen LogP contribution is -2.76. The molecule has 5 amide bonds. The highest BCUT2D eigenvalue weighted by Crippen LogP contribution is 2.28. The minimum absolute atomic E-state index is 0.0701. The average molecular weight is 637 g/mol. The molecular weight excluding hydrogens is 595 g/mol. The van der Waals surface area contributed by atoms with Crippen LogP contribution in [0.15, 0.2) is 67.8 Å². The van der Waals surface area contributed by atoms with Crippen LogP contribution in [-0.2, 0) is 32.2 Å². The number of halogens is 1. The molecule has 0 unspecified atom stereocenters. The van der Waals surface area contributed by atoms with E-state index >= 15 is 0 Å². The van der Waals surface area contributed by atoms with E-state index in [-0.39, 0.29) is 70.0 Å². The van der Waals surface area contributed by atoms with E-state index in [4.69, 9.17) is 9.47 Å². The molecule has 46 heavy (non-hydrogen) atoms. The maximum atomic E-state index is 13.8. The minimum atomic E-state index is -0.857. The van der Waals surface area contributed by atoms with Crippen molar-refractivity contribution in [2.24, 2.45) is 0 Å². The normalized spacial score (nSPS) is 18.2. The molecule has 0 saturated carbocycles. The van der Waals surface area contributed by atoms with Crippen molar-refractivity contribution in [3.63, 3.8) is 0 Å². The maximum absolute atomic E-state index is 13.8. The van der Waals surface area contributed by atoms with Crippen molar-refractivity contribution in [2.75, 3.05) is 46.4 Å². The van der Waals surface area contributed by atoms with Crippen molar-refractivity contribution in [1.29, 1.82) is 0 Å². The molecule has 0 aromatic heterocycles. The predicted octanol–water partition coefficient (Wildman–Crippen LogP) is 3.12. The van der Waals surface area contributed by atoms with Crippen molar-refractivity contribution in [3.8, 4) is 0 Å². The average Bonchev–Trinajstić information content (AvgIpc) is 3.05. The van der Waals surface area contributed by atoms with E-state index in [2.05, 4.69) is 23.8 Å². The first-order valence-electron chi connectivity index (χ1n) is 15.1. The monoisotopic (exact) mass is 636 g/mol. The van der Waals surface area contributed by atoms with Gasteiger partial charge in [0.1, 0.15) is 24.6 Å². The quantitative estimate of drug-likeness (QED) is 0.241. The second kappa shape index (κ2) is 16.5. The number of carbonyl (C=O) groups is 4. The first-order chi connectivity index (χ1) is 22.2. The Bertz CT molecular complexity index is 1390. The first-order valence-corrected chi connectivity index (χ1v) is 15.1. The number of alkyl carbamates (subject to hydrolysis) is 1. The van der Waals surface area contributed by atoms with Crippen LogP contribution in [0, 0.1) is 5.82 Å². The van der Waals surface area contributed by atoms with Crippen LogP contribution in [0.4, 0.5) is 14.0 Å². The number of nitrogens with one attached hydrogen (secondary N) is 2. The van der Waals surface area contributed by atoms with Crippen LogP contribution in [0.25, 0.3) is 6.08 Å². The van der Waals surface area contributed by atoms with E-state index < -0.39 is 24.3 Å². The maximum Gasteiger partial charge on any atom is 0.407 e. The number of piperazine rings is 1. The number of nitrogens with zero attached hydrogens (tertiary/aromatic N) is 4. The summed E-state index contributed by atoms with van der Waals surface area (Å²) in [5.74, 6) is -0.920. The van der Waals surface area contributed by atoms with Crippen molar-refractivity contribution < 1.29 is 33.0 Å². The Labute approximate surface area is 268 Å². The summed E-state index contributed by atoms with van der Waals surface area (Å²) in [7, 11) is 1.64. The molecule has 2 saturated heterocycles. The van der Waals surface area contributed by atoms with Gasteiger partial charge in [0.05, 0.1) is 26.3 Å². The topological polar surface area (TPSA) is 124 Å². The molecule has 0 aliphatic carbocycles. The third kappa shape index (κ3) is 8.92. The van der Waals surface area contributed by atoms with Gasteiger partial charge in [0, 0.05) is 26.7 Å². The Kier molecular flexibility index (Phi) is 12.3. The molecular formula is C33H41FN6O6. The standard InChI is InChI=1S/C33H41FN6O6/c1-4-18-46-33(44)35-16-6-7-28-31(42)38(17-19-45-23-26-10-8-24(5-2)9-11-26)21-29-39(28)30(41)22-37(3)40(29)32(43)36-20-25-12-14-27(34)15-13-25/h4-5,8-15,28-29H,1-2,6-7,16-23H2,3H3,(H,35,44)(H,36,43)/t28-,29-/m0/s1. The van der Waals surface area contributed by atoms with E-state index in [1.807, 2.05) is 24.3 Å². The van der Waals surface area contributed by atoms with Crippen LogP contribution < -0.4 is 10.6 Å². The van der Waals surface area contributed by atoms with Gasteiger partial charge in [0.25, 0.3) is 0 Å². The van der Waals surface area contributed by atoms with Gasteiger partial charge in [0.15, 0.2) is 0 Å². The zero-order valence-electron chi connectivity index (χ0n) is 26.0. The van der Waals surface area contributed by atoms with Crippen molar-refractivity contribution in [3.05, 3.63) is 90.3 Å². The number of ether oxygens (including phenoxy) is 2. The summed E-state index contributed by atoms with van der Waals surface area (Å²) < 4.78 is 24.2. The molecule has 2 aliphatic heterocycles. The summed E-state index contributed by atoms with van der Waals surface area (Å²) in [6, 6.07) is 12.3. The third-order valence-electron chi connectivity index (χ3n) is 7.75. The fourth-order valence-electron chi connectivity index (χ4n) is 5.43. The summed E-state index contributed by atoms with van der Waals surface area (Å²) in [6.07, 6.45) is 2.47. The molecule has 4 rings (SSSR count). The summed E-state index contributed by atoms with van der Waals surface area (Å²) in [6.45, 7) is 8.52. The van der Waals surface area contributed by atoms with Crippen LogP contribution in [0.3, 0.4) is 0 Å². The van der Waals surface area contributed by atoms with Crippen LogP contribution in [-0.4, -0.2) is 102 Å². The largest absolute Gasteiger partial charge is 0.445 e. The fraction of sp³-hybridized carbons (Fsp3) is 0.394. The van der Waals surface area contributed by atoms with Gasteiger partial charge in [0.2, 0.25) is 11.8 Å². The molecule has 13 heteroatoms. The predicted molar refractivity (Wildman–Crippen MR) is 169 cm³/mol. The highest BCUT2D eigenvalue weighted by atomic mass is 19.1. The molecule has 0 bridgehead atoms. The Morgan fingerprint density at radius 1 is 1.04 bits per heavy atom. The molecule has 2 aromatic carbocycles. The number of fused-ring (bicyclic) bond motifs is 1. The molecule has 2 aromatic rings. The van der Waals surface area contributed by atoms with E-state index in [9.17, 15) is 23.6 Å². The number of hydrogen-bond acceptors (Lipinski definition) is 7. The Balaban J connectivity index is 1.46. The van der Waals surface area contributed by atoms with Crippen molar-refractivity contribution in [2.45, 2.75) is 38.2 Å². The van der Waals surface area contributed by atoms with Gasteiger partial charge < -0.3 is 29.9 Å². The molecule has 0 spiro atoms. The number of hydrogen-bond donors (Lipinski definition) is 2. The van der Waals surface area contributed by atoms with Gasteiger partial charge in [-0.2, -0.15) is 0 Å². The number of urea groups is 1. The smallest absolute Gasteiger partial charge is 0.407 e. The number of likely N-dealkylation sites (N-methyl/N-ethyl adjacent to an activating group) is 1. The lowest BCUT2D eigenvalue weighted by Gasteiger charge is -2.54. The number of rotatable bonds is 14. The molecule has 2 N–H and O–H groups in total. The van der Waals surface area contributed by atoms with Crippen LogP contribution in [0.1, 0.15) is 29.5 Å². The van der Waals surface area contributed by atoms with Crippen LogP contribution in [0.5, 0.6) is 0 Å². The third-order valence-corrected chi connectivity index (χ3v) is 7.75. The van der Waals surface area contributed by atoms with Gasteiger partial charge in [-0.05, 0) is 41.7 Å². The summed E-state index contributed by atoms with van der Waals surface area (Å²) in [5, 5.41) is 8.47. The second-order valence-electron chi connectivity index (χ2n) is 11.0. The number of benzene rings is 2. The van der Waals surface area contributed by atoms with Crippen molar-refractivity contribution >= 4 is 30.0 Å². The highest BCUT2D eigenvalue weighted by Gasteiger charge is 2.50. The summed E-state index contributed by atoms with van der Waals surface area (Å²) >= 11 is 0. The zero-order chi connectivity index (χ0) is 33.1. The molecule has 246 valence electrons. The van der Waals surface area contributed by atoms with E-state index in [1.54, 1.807) is 30.2 Å². The molecule has 12 nitrogen and oxygen atoms in total. The Hall–Kier alpha value is -4.75. The van der Waals surface area contributed by atoms with Crippen molar-refractivity contribution in [1.82, 2.24) is 30.5 Å². The van der Waals surface area contributed by atoms with E-state index in [0.717, 1.165) is 11.1 Å². The van der Waals surface area contributed by atoms with Gasteiger partial charge in [-0.15, -0.1) is 0 Å². The molecule has 0 radical (unpaired) electrons. The second-order valence-corrected chi connectivity index (χ2v) is 11.0. The molecule has 2 aliphatic rings. The van der Waals surface area contributed by atoms with E-state index in [1.165, 1.54) is 33.1 Å². The lowest BCUT2D eigenvalue weighted by molar-refractivity contribution is -0.188. The molecule has 2 heterocycles. The number of amides is 5. The van der Waals surface area contributed by atoms with Gasteiger partial charge in [-0.1, -0.05) is 61.7 Å². The van der Waals surface area contributed by atoms with E-state index in [0.29, 0.717) is 18.6 Å². The SMILES string of the molecule is C=CCOC(=O)NCCC[C@H]1C(=O)N(CCOCc2ccc(C=C)cc2)C[C@H]2N1C(=O)CN(C)N2C(=O)NCc1ccc(F)cc1.